The van der Waals surface area contributed by atoms with Crippen molar-refractivity contribution in [2.24, 2.45) is 7.05 Å². The number of rotatable bonds is 1. The fraction of sp³-hybridized carbons (Fsp3) is 0.292. The molecule has 4 rings (SSSR count). The van der Waals surface area contributed by atoms with Gasteiger partial charge >= 0.3 is 0 Å². The van der Waals surface area contributed by atoms with Gasteiger partial charge in [0.25, 0.3) is 0 Å². The Balaban J connectivity index is 1.99. The Kier molecular flexibility index (Phi) is 3.24. The lowest BCUT2D eigenvalue weighted by Crippen LogP contribution is -2.32. The highest BCUT2D eigenvalue weighted by molar-refractivity contribution is 7.99. The second-order valence-corrected chi connectivity index (χ2v) is 8.78. The van der Waals surface area contributed by atoms with Crippen molar-refractivity contribution in [3.63, 3.8) is 0 Å². The lowest BCUT2D eigenvalue weighted by atomic mass is 9.76. The van der Waals surface area contributed by atoms with Crippen LogP contribution in [0.5, 0.6) is 0 Å². The van der Waals surface area contributed by atoms with E-state index in [1.165, 1.54) is 32.0 Å². The zero-order valence-corrected chi connectivity index (χ0v) is 16.8. The molecule has 0 atom stereocenters. The molecule has 2 heteroatoms. The van der Waals surface area contributed by atoms with E-state index in [0.29, 0.717) is 5.56 Å². The van der Waals surface area contributed by atoms with Gasteiger partial charge < -0.3 is 0 Å². The maximum absolute atomic E-state index is 7.83. The number of hydrogen-bond donors (Lipinski definition) is 0. The molecular formula is C24H26NS+. The van der Waals surface area contributed by atoms with E-state index in [0.717, 1.165) is 11.3 Å². The highest BCUT2D eigenvalue weighted by Gasteiger charge is 2.35. The van der Waals surface area contributed by atoms with Crippen molar-refractivity contribution < 1.29 is 8.68 Å². The van der Waals surface area contributed by atoms with E-state index in [4.69, 9.17) is 4.11 Å². The van der Waals surface area contributed by atoms with E-state index in [1.54, 1.807) is 6.20 Å². The van der Waals surface area contributed by atoms with Crippen molar-refractivity contribution in [3.05, 3.63) is 76.5 Å². The van der Waals surface area contributed by atoms with Crippen LogP contribution >= 0.6 is 11.8 Å². The predicted molar refractivity (Wildman–Crippen MR) is 110 cm³/mol. The summed E-state index contributed by atoms with van der Waals surface area (Å²) in [6, 6.07) is 15.1. The van der Waals surface area contributed by atoms with Crippen molar-refractivity contribution in [2.45, 2.75) is 49.8 Å². The molecule has 0 bridgehead atoms. The second kappa shape index (κ2) is 5.99. The minimum Gasteiger partial charge on any atom is -0.201 e. The molecule has 0 radical (unpaired) electrons. The van der Waals surface area contributed by atoms with Crippen LogP contribution in [0.2, 0.25) is 0 Å². The Hall–Kier alpha value is -2.06. The number of nitrogens with zero attached hydrogens (tertiary/aromatic N) is 1. The van der Waals surface area contributed by atoms with Gasteiger partial charge in [0.05, 0.1) is 5.56 Å². The first kappa shape index (κ1) is 14.1. The smallest absolute Gasteiger partial charge is 0.201 e. The summed E-state index contributed by atoms with van der Waals surface area (Å²) in [6.07, 6.45) is 1.77. The van der Waals surface area contributed by atoms with E-state index in [-0.39, 0.29) is 5.41 Å². The Labute approximate surface area is 165 Å². The lowest BCUT2D eigenvalue weighted by Gasteiger charge is -2.35. The summed E-state index contributed by atoms with van der Waals surface area (Å²) < 4.78 is 25.4. The van der Waals surface area contributed by atoms with Gasteiger partial charge in [-0.3, -0.25) is 0 Å². The van der Waals surface area contributed by atoms with Crippen LogP contribution in [-0.2, 0) is 12.5 Å². The molecule has 2 aromatic carbocycles. The number of pyridine rings is 1. The van der Waals surface area contributed by atoms with Gasteiger partial charge in [-0.1, -0.05) is 55.9 Å². The number of aryl methyl sites for hydroxylation is 4. The summed E-state index contributed by atoms with van der Waals surface area (Å²) in [6.45, 7) is 6.49. The largest absolute Gasteiger partial charge is 0.213 e. The van der Waals surface area contributed by atoms with Crippen molar-refractivity contribution in [2.75, 3.05) is 0 Å². The number of aromatic nitrogens is 1. The molecule has 0 saturated heterocycles. The molecule has 0 spiro atoms. The average Bonchev–Trinajstić information content (AvgIpc) is 2.63. The van der Waals surface area contributed by atoms with Gasteiger partial charge in [-0.15, -0.1) is 0 Å². The summed E-state index contributed by atoms with van der Waals surface area (Å²) in [7, 11) is 1.94. The van der Waals surface area contributed by atoms with Gasteiger partial charge in [0, 0.05) is 30.9 Å². The van der Waals surface area contributed by atoms with Gasteiger partial charge in [-0.2, -0.15) is 0 Å². The molecule has 1 aliphatic heterocycles. The summed E-state index contributed by atoms with van der Waals surface area (Å²) >= 11 is 1.82. The molecule has 1 aliphatic rings. The molecule has 3 aromatic rings. The molecule has 0 fully saturated rings. The molecule has 1 nitrogen and oxygen atoms in total. The van der Waals surface area contributed by atoms with Crippen LogP contribution in [0, 0.1) is 20.7 Å². The SMILES string of the molecule is [2H]C([2H])([2H])c1c[n+](C)c(-c2c(C)ccc3c2Sc2ccccc2C3(C)C)cc1C. The third-order valence-corrected chi connectivity index (χ3v) is 6.75. The number of benzene rings is 2. The third kappa shape index (κ3) is 2.51. The van der Waals surface area contributed by atoms with Crippen LogP contribution in [0.15, 0.2) is 58.5 Å². The van der Waals surface area contributed by atoms with Crippen molar-refractivity contribution >= 4 is 11.8 Å². The highest BCUT2D eigenvalue weighted by atomic mass is 32.2. The van der Waals surface area contributed by atoms with E-state index in [2.05, 4.69) is 57.2 Å². The molecule has 0 unspecified atom stereocenters. The first-order chi connectivity index (χ1) is 13.5. The van der Waals surface area contributed by atoms with Gasteiger partial charge in [-0.05, 0) is 49.0 Å². The van der Waals surface area contributed by atoms with Crippen LogP contribution in [0.3, 0.4) is 0 Å². The first-order valence-electron chi connectivity index (χ1n) is 10.4. The molecule has 0 amide bonds. The summed E-state index contributed by atoms with van der Waals surface area (Å²) in [5.41, 5.74) is 7.23. The van der Waals surface area contributed by atoms with Gasteiger partial charge in [0.15, 0.2) is 6.20 Å². The molecule has 26 heavy (non-hydrogen) atoms. The van der Waals surface area contributed by atoms with Crippen LogP contribution < -0.4 is 4.57 Å². The second-order valence-electron chi connectivity index (χ2n) is 7.72. The highest BCUT2D eigenvalue weighted by Crippen LogP contribution is 2.52. The monoisotopic (exact) mass is 363 g/mol. The Bertz CT molecular complexity index is 1130. The molecule has 0 N–H and O–H groups in total. The first-order valence-corrected chi connectivity index (χ1v) is 9.76. The number of fused-ring (bicyclic) bond motifs is 2. The summed E-state index contributed by atoms with van der Waals surface area (Å²) in [5.74, 6) is 0. The fourth-order valence-electron chi connectivity index (χ4n) is 3.92. The number of hydrogen-bond acceptors (Lipinski definition) is 1. The average molecular weight is 364 g/mol. The topological polar surface area (TPSA) is 3.88 Å². The fourth-order valence-corrected chi connectivity index (χ4v) is 5.52. The van der Waals surface area contributed by atoms with Crippen LogP contribution in [0.1, 0.15) is 45.8 Å². The van der Waals surface area contributed by atoms with Crippen molar-refractivity contribution in [1.82, 2.24) is 0 Å². The zero-order chi connectivity index (χ0) is 21.1. The Morgan fingerprint density at radius 3 is 2.50 bits per heavy atom. The maximum atomic E-state index is 7.83. The lowest BCUT2D eigenvalue weighted by molar-refractivity contribution is -0.660. The van der Waals surface area contributed by atoms with E-state index < -0.39 is 6.85 Å². The van der Waals surface area contributed by atoms with Crippen LogP contribution in [-0.4, -0.2) is 0 Å². The minimum atomic E-state index is -2.11. The van der Waals surface area contributed by atoms with E-state index in [1.807, 2.05) is 36.4 Å². The normalized spacial score (nSPS) is 16.9. The van der Waals surface area contributed by atoms with Crippen molar-refractivity contribution in [3.8, 4) is 11.3 Å². The molecule has 1 aromatic heterocycles. The molecule has 2 heterocycles. The summed E-state index contributed by atoms with van der Waals surface area (Å²) in [5, 5.41) is 0. The van der Waals surface area contributed by atoms with Gasteiger partial charge in [0.1, 0.15) is 7.05 Å². The third-order valence-electron chi connectivity index (χ3n) is 5.55. The predicted octanol–water partition coefficient (Wildman–Crippen LogP) is 5.89. The van der Waals surface area contributed by atoms with Gasteiger partial charge in [-0.25, -0.2) is 4.57 Å². The van der Waals surface area contributed by atoms with Crippen molar-refractivity contribution in [1.29, 1.82) is 0 Å². The molecular weight excluding hydrogens is 334 g/mol. The Morgan fingerprint density at radius 2 is 1.73 bits per heavy atom. The zero-order valence-electron chi connectivity index (χ0n) is 19.0. The molecule has 0 aliphatic carbocycles. The Morgan fingerprint density at radius 1 is 0.962 bits per heavy atom. The minimum absolute atomic E-state index is 0.0914. The van der Waals surface area contributed by atoms with Gasteiger partial charge in [0.2, 0.25) is 5.69 Å². The van der Waals surface area contributed by atoms with E-state index in [9.17, 15) is 0 Å². The van der Waals surface area contributed by atoms with E-state index >= 15 is 0 Å². The van der Waals surface area contributed by atoms with Crippen LogP contribution in [0.4, 0.5) is 0 Å². The quantitative estimate of drug-likeness (QED) is 0.487. The molecule has 132 valence electrons. The standard InChI is InChI=1S/C24H26NS/c1-15-11-12-19-23(22(15)20-13-16(2)17(3)14-25(20)6)26-21-10-8-7-9-18(21)24(19,4)5/h7-14H,1-6H3/q+1/i3D3. The molecule has 0 saturated carbocycles. The maximum Gasteiger partial charge on any atom is 0.213 e. The van der Waals surface area contributed by atoms with Crippen LogP contribution in [0.25, 0.3) is 11.3 Å². The summed E-state index contributed by atoms with van der Waals surface area (Å²) in [4.78, 5) is 2.56.